The summed E-state index contributed by atoms with van der Waals surface area (Å²) >= 11 is 0. The maximum absolute atomic E-state index is 2.70. The molecule has 6 rings (SSSR count). The standard InChI is InChI=1S/C27H42/c1-4-18-20-12-14-27(5-2)16-26(3)13-7-6-11-22(26)25(27)24(20)23-19-10-8-9-17(19)15-21(18)23/h6-7,17-25H,4-5,8-16H2,1-3H3/t17?,18?,19?,20?,21?,22?,23?,24-,25?,26?,27?/m1/s1. The fourth-order valence-electron chi connectivity index (χ4n) is 11.2. The third kappa shape index (κ3) is 2.12. The Morgan fingerprint density at radius 1 is 0.963 bits per heavy atom. The predicted octanol–water partition coefficient (Wildman–Crippen LogP) is 7.49. The minimum Gasteiger partial charge on any atom is -0.0882 e. The molecular weight excluding hydrogens is 324 g/mol. The lowest BCUT2D eigenvalue weighted by Crippen LogP contribution is -2.45. The summed E-state index contributed by atoms with van der Waals surface area (Å²) in [5.74, 6) is 9.91. The largest absolute Gasteiger partial charge is 0.0882 e. The zero-order valence-electron chi connectivity index (χ0n) is 18.1. The SMILES string of the molecule is CCC1C2CC3CCCC3C2[C@H]2C1CCC1(CC)CC3(C)CC=CCC3C21. The van der Waals surface area contributed by atoms with E-state index in [4.69, 9.17) is 0 Å². The van der Waals surface area contributed by atoms with Gasteiger partial charge in [0.15, 0.2) is 0 Å². The Hall–Kier alpha value is -0.260. The minimum atomic E-state index is 0.623. The van der Waals surface area contributed by atoms with Crippen LogP contribution in [0.3, 0.4) is 0 Å². The van der Waals surface area contributed by atoms with E-state index < -0.39 is 0 Å². The summed E-state index contributed by atoms with van der Waals surface area (Å²) in [6.07, 6.45) is 22.0. The van der Waals surface area contributed by atoms with E-state index in [1.54, 1.807) is 44.9 Å². The summed E-state index contributed by atoms with van der Waals surface area (Å²) in [4.78, 5) is 0. The van der Waals surface area contributed by atoms with E-state index in [0.29, 0.717) is 10.8 Å². The van der Waals surface area contributed by atoms with Crippen LogP contribution in [-0.2, 0) is 0 Å². The zero-order valence-corrected chi connectivity index (χ0v) is 18.1. The lowest BCUT2D eigenvalue weighted by molar-refractivity contribution is -0.0235. The molecule has 0 nitrogen and oxygen atoms in total. The van der Waals surface area contributed by atoms with Gasteiger partial charge in [0.2, 0.25) is 0 Å². The summed E-state index contributed by atoms with van der Waals surface area (Å²) in [7, 11) is 0. The summed E-state index contributed by atoms with van der Waals surface area (Å²) in [5, 5.41) is 0. The van der Waals surface area contributed by atoms with Gasteiger partial charge in [0.25, 0.3) is 0 Å². The summed E-state index contributed by atoms with van der Waals surface area (Å²) in [6, 6.07) is 0. The molecular formula is C27H42. The Labute approximate surface area is 168 Å². The first-order valence-corrected chi connectivity index (χ1v) is 12.8. The van der Waals surface area contributed by atoms with Crippen molar-refractivity contribution in [3.05, 3.63) is 12.2 Å². The molecule has 0 aromatic carbocycles. The van der Waals surface area contributed by atoms with Gasteiger partial charge in [0.05, 0.1) is 0 Å². The molecule has 5 fully saturated rings. The summed E-state index contributed by atoms with van der Waals surface area (Å²) in [5.41, 5.74) is 1.33. The lowest BCUT2D eigenvalue weighted by Gasteiger charge is -2.51. The molecule has 0 heterocycles. The van der Waals surface area contributed by atoms with Gasteiger partial charge in [0.1, 0.15) is 0 Å². The Balaban J connectivity index is 1.45. The zero-order chi connectivity index (χ0) is 18.4. The van der Waals surface area contributed by atoms with Crippen LogP contribution in [0.15, 0.2) is 12.2 Å². The molecule has 11 atom stereocenters. The first-order valence-electron chi connectivity index (χ1n) is 12.8. The fourth-order valence-corrected chi connectivity index (χ4v) is 11.2. The van der Waals surface area contributed by atoms with Crippen LogP contribution in [0, 0.1) is 64.1 Å². The van der Waals surface area contributed by atoms with Gasteiger partial charge < -0.3 is 0 Å². The molecule has 0 aromatic rings. The van der Waals surface area contributed by atoms with Gasteiger partial charge in [-0.15, -0.1) is 0 Å². The van der Waals surface area contributed by atoms with Crippen LogP contribution in [0.5, 0.6) is 0 Å². The average molecular weight is 367 g/mol. The van der Waals surface area contributed by atoms with Crippen LogP contribution in [0.1, 0.15) is 91.4 Å². The van der Waals surface area contributed by atoms with E-state index in [1.807, 2.05) is 0 Å². The van der Waals surface area contributed by atoms with Crippen molar-refractivity contribution >= 4 is 0 Å². The fraction of sp³-hybridized carbons (Fsp3) is 0.926. The van der Waals surface area contributed by atoms with Gasteiger partial charge >= 0.3 is 0 Å². The maximum atomic E-state index is 2.70. The third-order valence-corrected chi connectivity index (χ3v) is 11.8. The quantitative estimate of drug-likeness (QED) is 0.444. The molecule has 10 unspecified atom stereocenters. The maximum Gasteiger partial charge on any atom is -0.0252 e. The van der Waals surface area contributed by atoms with E-state index >= 15 is 0 Å². The van der Waals surface area contributed by atoms with Crippen molar-refractivity contribution in [2.45, 2.75) is 91.4 Å². The predicted molar refractivity (Wildman–Crippen MR) is 113 cm³/mol. The second-order valence-corrected chi connectivity index (χ2v) is 12.3. The van der Waals surface area contributed by atoms with Crippen LogP contribution in [0.25, 0.3) is 0 Å². The van der Waals surface area contributed by atoms with Crippen LogP contribution in [-0.4, -0.2) is 0 Å². The van der Waals surface area contributed by atoms with E-state index in [9.17, 15) is 0 Å². The van der Waals surface area contributed by atoms with Crippen LogP contribution >= 0.6 is 0 Å². The summed E-state index contributed by atoms with van der Waals surface area (Å²) < 4.78 is 0. The molecule has 6 aliphatic carbocycles. The number of hydrogen-bond acceptors (Lipinski definition) is 0. The van der Waals surface area contributed by atoms with E-state index in [0.717, 1.165) is 53.3 Å². The molecule has 5 saturated carbocycles. The molecule has 150 valence electrons. The highest BCUT2D eigenvalue weighted by atomic mass is 14.7. The van der Waals surface area contributed by atoms with Gasteiger partial charge in [-0.05, 0) is 109 Å². The van der Waals surface area contributed by atoms with E-state index in [1.165, 1.54) is 25.7 Å². The molecule has 0 bridgehead atoms. The second-order valence-electron chi connectivity index (χ2n) is 12.3. The Morgan fingerprint density at radius 3 is 2.67 bits per heavy atom. The minimum absolute atomic E-state index is 0.623. The molecule has 0 aliphatic heterocycles. The normalized spacial score (nSPS) is 60.6. The van der Waals surface area contributed by atoms with Gasteiger partial charge in [-0.1, -0.05) is 58.6 Å². The van der Waals surface area contributed by atoms with Crippen molar-refractivity contribution in [3.63, 3.8) is 0 Å². The van der Waals surface area contributed by atoms with Gasteiger partial charge in [-0.3, -0.25) is 0 Å². The van der Waals surface area contributed by atoms with Crippen molar-refractivity contribution in [2.24, 2.45) is 64.1 Å². The Morgan fingerprint density at radius 2 is 1.85 bits per heavy atom. The number of allylic oxidation sites excluding steroid dienone is 2. The molecule has 0 saturated heterocycles. The monoisotopic (exact) mass is 366 g/mol. The van der Waals surface area contributed by atoms with Crippen molar-refractivity contribution in [1.29, 1.82) is 0 Å². The summed E-state index contributed by atoms with van der Waals surface area (Å²) in [6.45, 7) is 7.81. The van der Waals surface area contributed by atoms with Crippen LogP contribution in [0.2, 0.25) is 0 Å². The average Bonchev–Trinajstić information content (AvgIpc) is 3.36. The van der Waals surface area contributed by atoms with E-state index in [-0.39, 0.29) is 0 Å². The van der Waals surface area contributed by atoms with Crippen LogP contribution in [0.4, 0.5) is 0 Å². The molecule has 0 heteroatoms. The first kappa shape index (κ1) is 17.6. The molecule has 27 heavy (non-hydrogen) atoms. The molecule has 6 aliphatic rings. The van der Waals surface area contributed by atoms with E-state index in [2.05, 4.69) is 32.9 Å². The number of fused-ring (bicyclic) bond motifs is 9. The highest BCUT2D eigenvalue weighted by Crippen LogP contribution is 2.76. The molecule has 0 radical (unpaired) electrons. The Kier molecular flexibility index (Phi) is 3.83. The van der Waals surface area contributed by atoms with Gasteiger partial charge in [-0.2, -0.15) is 0 Å². The van der Waals surface area contributed by atoms with Crippen molar-refractivity contribution in [1.82, 2.24) is 0 Å². The van der Waals surface area contributed by atoms with Gasteiger partial charge in [-0.25, -0.2) is 0 Å². The second kappa shape index (κ2) is 5.89. The highest BCUT2D eigenvalue weighted by molar-refractivity contribution is 5.20. The Bertz CT molecular complexity index is 632. The molecule has 0 N–H and O–H groups in total. The first-order chi connectivity index (χ1) is 13.1. The number of hydrogen-bond donors (Lipinski definition) is 0. The molecule has 0 aromatic heterocycles. The highest BCUT2D eigenvalue weighted by Gasteiger charge is 2.69. The van der Waals surface area contributed by atoms with Crippen molar-refractivity contribution in [3.8, 4) is 0 Å². The molecule has 0 amide bonds. The van der Waals surface area contributed by atoms with Crippen LogP contribution < -0.4 is 0 Å². The van der Waals surface area contributed by atoms with Crippen molar-refractivity contribution < 1.29 is 0 Å². The lowest BCUT2D eigenvalue weighted by atomic mass is 9.54. The smallest absolute Gasteiger partial charge is 0.0252 e. The topological polar surface area (TPSA) is 0 Å². The third-order valence-electron chi connectivity index (χ3n) is 11.8. The molecule has 0 spiro atoms. The number of rotatable bonds is 2. The van der Waals surface area contributed by atoms with Crippen molar-refractivity contribution in [2.75, 3.05) is 0 Å². The van der Waals surface area contributed by atoms with Gasteiger partial charge in [0, 0.05) is 0 Å².